The van der Waals surface area contributed by atoms with E-state index >= 15 is 0 Å². The average molecular weight is 373 g/mol. The van der Waals surface area contributed by atoms with Crippen LogP contribution in [0.15, 0.2) is 29.6 Å². The summed E-state index contributed by atoms with van der Waals surface area (Å²) in [5.41, 5.74) is 7.96. The molecule has 1 aliphatic carbocycles. The number of nitrogens with two attached hydrogens (primary N) is 1. The Morgan fingerprint density at radius 3 is 2.69 bits per heavy atom. The zero-order valence-corrected chi connectivity index (χ0v) is 15.8. The highest BCUT2D eigenvalue weighted by Crippen LogP contribution is 2.41. The third kappa shape index (κ3) is 3.58. The van der Waals surface area contributed by atoms with Crippen molar-refractivity contribution in [3.63, 3.8) is 0 Å². The molecule has 1 aliphatic rings. The number of methoxy groups -OCH3 is 1. The molecule has 6 nitrogen and oxygen atoms in total. The van der Waals surface area contributed by atoms with Crippen LogP contribution in [0, 0.1) is 0 Å². The van der Waals surface area contributed by atoms with E-state index in [9.17, 15) is 9.59 Å². The van der Waals surface area contributed by atoms with Gasteiger partial charge in [-0.15, -0.1) is 11.3 Å². The Hall–Kier alpha value is -2.41. The number of nitrogens with zero attached hydrogens (tertiary/aromatic N) is 2. The Labute approximate surface area is 157 Å². The van der Waals surface area contributed by atoms with E-state index in [-0.39, 0.29) is 23.6 Å². The molecular formula is C19H23N3O3S. The second-order valence-corrected chi connectivity index (χ2v) is 7.23. The molecule has 0 spiro atoms. The van der Waals surface area contributed by atoms with Crippen molar-refractivity contribution in [1.82, 2.24) is 4.98 Å². The smallest absolute Gasteiger partial charge is 0.357 e. The summed E-state index contributed by atoms with van der Waals surface area (Å²) >= 11 is 1.30. The largest absolute Gasteiger partial charge is 0.464 e. The maximum absolute atomic E-state index is 12.7. The second-order valence-electron chi connectivity index (χ2n) is 6.40. The summed E-state index contributed by atoms with van der Waals surface area (Å²) in [7, 11) is 1.32. The van der Waals surface area contributed by atoms with Crippen LogP contribution in [0.25, 0.3) is 0 Å². The molecule has 0 saturated heterocycles. The molecule has 0 bridgehead atoms. The van der Waals surface area contributed by atoms with Gasteiger partial charge in [0.05, 0.1) is 7.11 Å². The number of benzene rings is 1. The van der Waals surface area contributed by atoms with Crippen LogP contribution in [-0.2, 0) is 9.53 Å². The maximum Gasteiger partial charge on any atom is 0.357 e. The molecule has 2 atom stereocenters. The van der Waals surface area contributed by atoms with Crippen LogP contribution in [-0.4, -0.2) is 30.0 Å². The monoisotopic (exact) mass is 373 g/mol. The molecule has 3 rings (SSSR count). The van der Waals surface area contributed by atoms with Gasteiger partial charge in [-0.25, -0.2) is 9.78 Å². The van der Waals surface area contributed by atoms with Gasteiger partial charge in [0, 0.05) is 29.4 Å². The van der Waals surface area contributed by atoms with Crippen LogP contribution in [0.2, 0.25) is 0 Å². The summed E-state index contributed by atoms with van der Waals surface area (Å²) in [6.07, 6.45) is 3.35. The number of ether oxygens (including phenoxy) is 1. The number of thiazole rings is 1. The quantitative estimate of drug-likeness (QED) is 0.639. The van der Waals surface area contributed by atoms with E-state index in [1.165, 1.54) is 24.0 Å². The van der Waals surface area contributed by atoms with Gasteiger partial charge in [-0.1, -0.05) is 25.5 Å². The van der Waals surface area contributed by atoms with Crippen LogP contribution in [0.3, 0.4) is 0 Å². The van der Waals surface area contributed by atoms with Crippen molar-refractivity contribution in [2.24, 2.45) is 0 Å². The van der Waals surface area contributed by atoms with Crippen molar-refractivity contribution in [2.75, 3.05) is 17.7 Å². The predicted molar refractivity (Wildman–Crippen MR) is 102 cm³/mol. The molecule has 1 heterocycles. The Balaban J connectivity index is 1.94. The molecule has 1 fully saturated rings. The molecule has 138 valence electrons. The summed E-state index contributed by atoms with van der Waals surface area (Å²) in [5.74, 6) is -0.238. The maximum atomic E-state index is 12.7. The molecule has 1 aromatic heterocycles. The topological polar surface area (TPSA) is 85.5 Å². The van der Waals surface area contributed by atoms with E-state index in [4.69, 9.17) is 10.5 Å². The zero-order valence-electron chi connectivity index (χ0n) is 15.0. The van der Waals surface area contributed by atoms with E-state index in [1.807, 2.05) is 31.2 Å². The first kappa shape index (κ1) is 18.4. The van der Waals surface area contributed by atoms with Gasteiger partial charge in [0.2, 0.25) is 5.91 Å². The van der Waals surface area contributed by atoms with E-state index < -0.39 is 5.97 Å². The highest BCUT2D eigenvalue weighted by molar-refractivity contribution is 7.14. The van der Waals surface area contributed by atoms with Crippen molar-refractivity contribution >= 4 is 34.0 Å². The van der Waals surface area contributed by atoms with Crippen molar-refractivity contribution in [2.45, 2.75) is 44.6 Å². The molecule has 1 saturated carbocycles. The molecule has 26 heavy (non-hydrogen) atoms. The van der Waals surface area contributed by atoms with Crippen molar-refractivity contribution in [3.05, 3.63) is 40.9 Å². The first-order chi connectivity index (χ1) is 12.5. The summed E-state index contributed by atoms with van der Waals surface area (Å²) in [4.78, 5) is 30.6. The van der Waals surface area contributed by atoms with Gasteiger partial charge in [0.25, 0.3) is 0 Å². The number of carbonyl (C=O) groups is 2. The molecule has 2 unspecified atom stereocenters. The van der Waals surface area contributed by atoms with Crippen LogP contribution in [0.4, 0.5) is 10.8 Å². The minimum atomic E-state index is -0.488. The molecule has 7 heteroatoms. The van der Waals surface area contributed by atoms with Gasteiger partial charge in [-0.3, -0.25) is 9.69 Å². The van der Waals surface area contributed by atoms with Gasteiger partial charge in [0.1, 0.15) is 0 Å². The predicted octanol–water partition coefficient (Wildman–Crippen LogP) is 3.59. The van der Waals surface area contributed by atoms with Gasteiger partial charge in [-0.2, -0.15) is 0 Å². The summed E-state index contributed by atoms with van der Waals surface area (Å²) in [6.45, 7) is 1.84. The Bertz CT molecular complexity index is 788. The van der Waals surface area contributed by atoms with Crippen LogP contribution >= 0.6 is 11.3 Å². The number of carbonyl (C=O) groups excluding carboxylic acids is 2. The number of anilines is 2. The van der Waals surface area contributed by atoms with E-state index in [1.54, 1.807) is 10.3 Å². The number of amides is 1. The fourth-order valence-corrected chi connectivity index (χ4v) is 4.43. The number of hydrogen-bond acceptors (Lipinski definition) is 6. The van der Waals surface area contributed by atoms with Gasteiger partial charge in [0.15, 0.2) is 10.8 Å². The molecule has 2 N–H and O–H groups in total. The average Bonchev–Trinajstić information content (AvgIpc) is 3.32. The minimum absolute atomic E-state index is 0.0168. The second kappa shape index (κ2) is 7.86. The molecule has 2 aromatic rings. The lowest BCUT2D eigenvalue weighted by Gasteiger charge is -2.31. The lowest BCUT2D eigenvalue weighted by atomic mass is 9.93. The van der Waals surface area contributed by atoms with E-state index in [0.29, 0.717) is 11.6 Å². The summed E-state index contributed by atoms with van der Waals surface area (Å²) < 4.78 is 4.73. The van der Waals surface area contributed by atoms with Crippen molar-refractivity contribution in [3.8, 4) is 0 Å². The fraction of sp³-hybridized carbons (Fsp3) is 0.421. The lowest BCUT2D eigenvalue weighted by molar-refractivity contribution is -0.118. The molecule has 1 amide bonds. The van der Waals surface area contributed by atoms with Crippen LogP contribution in [0.1, 0.15) is 54.6 Å². The normalized spacial score (nSPS) is 19.3. The Kier molecular flexibility index (Phi) is 5.56. The number of hydrogen-bond donors (Lipinski definition) is 1. The first-order valence-corrected chi connectivity index (χ1v) is 9.64. The third-order valence-corrected chi connectivity index (χ3v) is 5.68. The first-order valence-electron chi connectivity index (χ1n) is 8.76. The molecular weight excluding hydrogens is 350 g/mol. The number of rotatable bonds is 5. The van der Waals surface area contributed by atoms with Gasteiger partial charge >= 0.3 is 5.97 Å². The fourth-order valence-electron chi connectivity index (χ4n) is 3.56. The SMILES string of the molecule is CCC(=O)N(c1nc(C(=O)OC)cs1)C1CCCC1c1ccc(N)cc1. The van der Waals surface area contributed by atoms with Crippen molar-refractivity contribution < 1.29 is 14.3 Å². The van der Waals surface area contributed by atoms with E-state index in [2.05, 4.69) is 4.98 Å². The summed E-state index contributed by atoms with van der Waals surface area (Å²) in [5, 5.41) is 2.20. The summed E-state index contributed by atoms with van der Waals surface area (Å²) in [6, 6.07) is 7.90. The van der Waals surface area contributed by atoms with Crippen LogP contribution < -0.4 is 10.6 Å². The minimum Gasteiger partial charge on any atom is -0.464 e. The third-order valence-electron chi connectivity index (χ3n) is 4.84. The zero-order chi connectivity index (χ0) is 18.7. The molecule has 1 aromatic carbocycles. The van der Waals surface area contributed by atoms with Crippen LogP contribution in [0.5, 0.6) is 0 Å². The van der Waals surface area contributed by atoms with Crippen molar-refractivity contribution in [1.29, 1.82) is 0 Å². The van der Waals surface area contributed by atoms with Gasteiger partial charge in [-0.05, 0) is 30.5 Å². The van der Waals surface area contributed by atoms with E-state index in [0.717, 1.165) is 24.9 Å². The number of esters is 1. The molecule has 0 radical (unpaired) electrons. The lowest BCUT2D eigenvalue weighted by Crippen LogP contribution is -2.41. The molecule has 0 aliphatic heterocycles. The van der Waals surface area contributed by atoms with Gasteiger partial charge < -0.3 is 10.5 Å². The Morgan fingerprint density at radius 2 is 2.04 bits per heavy atom. The number of nitrogen functional groups attached to an aromatic ring is 1. The standard InChI is InChI=1S/C19H23N3O3S/c1-3-17(23)22(19-21-15(11-26-19)18(24)25-2)16-6-4-5-14(16)12-7-9-13(20)10-8-12/h7-11,14,16H,3-6,20H2,1-2H3. The number of aromatic nitrogens is 1. The highest BCUT2D eigenvalue weighted by atomic mass is 32.1. The Morgan fingerprint density at radius 1 is 1.31 bits per heavy atom. The highest BCUT2D eigenvalue weighted by Gasteiger charge is 2.37.